The van der Waals surface area contributed by atoms with E-state index in [4.69, 9.17) is 4.42 Å². The van der Waals surface area contributed by atoms with Crippen LogP contribution in [0.15, 0.2) is 65.2 Å². The fourth-order valence-electron chi connectivity index (χ4n) is 2.36. The van der Waals surface area contributed by atoms with Gasteiger partial charge >= 0.3 is 6.03 Å². The SMILES string of the molecule is O=C(Nc1cccc(O)c1)Nc1cccc(-c2nc3ncccc3o2)n1. The number of amides is 2. The van der Waals surface area contributed by atoms with E-state index in [0.29, 0.717) is 34.3 Å². The first-order valence-corrected chi connectivity index (χ1v) is 7.73. The second-order valence-electron chi connectivity index (χ2n) is 5.38. The predicted octanol–water partition coefficient (Wildman–Crippen LogP) is 3.63. The number of nitrogens with zero attached hydrogens (tertiary/aromatic N) is 3. The molecule has 0 spiro atoms. The van der Waals surface area contributed by atoms with Crippen molar-refractivity contribution < 1.29 is 14.3 Å². The van der Waals surface area contributed by atoms with Crippen LogP contribution in [-0.2, 0) is 0 Å². The lowest BCUT2D eigenvalue weighted by molar-refractivity contribution is 0.262. The van der Waals surface area contributed by atoms with Gasteiger partial charge in [0.1, 0.15) is 17.3 Å². The van der Waals surface area contributed by atoms with Gasteiger partial charge in [-0.1, -0.05) is 12.1 Å². The van der Waals surface area contributed by atoms with Gasteiger partial charge in [-0.3, -0.25) is 5.32 Å². The van der Waals surface area contributed by atoms with E-state index >= 15 is 0 Å². The number of carbonyl (C=O) groups excluding carboxylic acids is 1. The molecule has 0 saturated carbocycles. The zero-order valence-electron chi connectivity index (χ0n) is 13.4. The molecule has 128 valence electrons. The molecule has 26 heavy (non-hydrogen) atoms. The summed E-state index contributed by atoms with van der Waals surface area (Å²) in [5.41, 5.74) is 1.98. The topological polar surface area (TPSA) is 113 Å². The molecule has 0 fully saturated rings. The Morgan fingerprint density at radius 3 is 2.73 bits per heavy atom. The largest absolute Gasteiger partial charge is 0.508 e. The molecule has 0 atom stereocenters. The van der Waals surface area contributed by atoms with Gasteiger partial charge in [-0.25, -0.2) is 14.8 Å². The summed E-state index contributed by atoms with van der Waals surface area (Å²) in [5.74, 6) is 0.707. The maximum atomic E-state index is 12.1. The molecule has 3 heterocycles. The zero-order chi connectivity index (χ0) is 17.9. The average molecular weight is 347 g/mol. The Bertz CT molecular complexity index is 1060. The Morgan fingerprint density at radius 1 is 1.00 bits per heavy atom. The van der Waals surface area contributed by atoms with Gasteiger partial charge in [0.2, 0.25) is 5.89 Å². The van der Waals surface area contributed by atoms with E-state index in [1.807, 2.05) is 0 Å². The quantitative estimate of drug-likeness (QED) is 0.521. The Labute approximate surface area is 147 Å². The molecule has 3 aromatic heterocycles. The van der Waals surface area contributed by atoms with E-state index in [1.165, 1.54) is 12.1 Å². The Morgan fingerprint density at radius 2 is 1.88 bits per heavy atom. The highest BCUT2D eigenvalue weighted by molar-refractivity contribution is 5.99. The molecule has 0 unspecified atom stereocenters. The molecular formula is C18H13N5O3. The third kappa shape index (κ3) is 3.29. The second-order valence-corrected chi connectivity index (χ2v) is 5.38. The molecule has 0 aliphatic carbocycles. The normalized spacial score (nSPS) is 10.6. The third-order valence-corrected chi connectivity index (χ3v) is 3.48. The van der Waals surface area contributed by atoms with Crippen LogP contribution in [0.25, 0.3) is 22.8 Å². The van der Waals surface area contributed by atoms with Crippen LogP contribution >= 0.6 is 0 Å². The summed E-state index contributed by atoms with van der Waals surface area (Å²) >= 11 is 0. The van der Waals surface area contributed by atoms with Crippen LogP contribution < -0.4 is 10.6 Å². The van der Waals surface area contributed by atoms with Crippen molar-refractivity contribution in [1.82, 2.24) is 15.0 Å². The minimum atomic E-state index is -0.487. The third-order valence-electron chi connectivity index (χ3n) is 3.48. The zero-order valence-corrected chi connectivity index (χ0v) is 13.4. The van der Waals surface area contributed by atoms with Crippen molar-refractivity contribution in [2.45, 2.75) is 0 Å². The summed E-state index contributed by atoms with van der Waals surface area (Å²) < 4.78 is 5.63. The Balaban J connectivity index is 1.53. The maximum Gasteiger partial charge on any atom is 0.324 e. The lowest BCUT2D eigenvalue weighted by Crippen LogP contribution is -2.20. The first-order chi connectivity index (χ1) is 12.7. The highest BCUT2D eigenvalue weighted by atomic mass is 16.3. The van der Waals surface area contributed by atoms with Crippen LogP contribution in [0.3, 0.4) is 0 Å². The van der Waals surface area contributed by atoms with Crippen molar-refractivity contribution in [3.63, 3.8) is 0 Å². The molecule has 0 saturated heterocycles. The minimum Gasteiger partial charge on any atom is -0.508 e. The molecular weight excluding hydrogens is 334 g/mol. The van der Waals surface area contributed by atoms with E-state index in [0.717, 1.165) is 0 Å². The van der Waals surface area contributed by atoms with Gasteiger partial charge in [-0.15, -0.1) is 0 Å². The molecule has 0 bridgehead atoms. The summed E-state index contributed by atoms with van der Waals surface area (Å²) in [6, 6.07) is 14.4. The summed E-state index contributed by atoms with van der Waals surface area (Å²) in [6.07, 6.45) is 1.63. The predicted molar refractivity (Wildman–Crippen MR) is 95.8 cm³/mol. The number of urea groups is 1. The number of hydrogen-bond donors (Lipinski definition) is 3. The van der Waals surface area contributed by atoms with Gasteiger partial charge < -0.3 is 14.8 Å². The standard InChI is InChI=1S/C18H13N5O3/c24-12-5-1-4-11(10-12)20-18(25)22-15-8-2-6-13(21-15)17-23-16-14(26-17)7-3-9-19-16/h1-10,24H,(H2,20,21,22,25). The fourth-order valence-corrected chi connectivity index (χ4v) is 2.36. The molecule has 3 N–H and O–H groups in total. The van der Waals surface area contributed by atoms with E-state index in [-0.39, 0.29) is 5.75 Å². The molecule has 2 amide bonds. The van der Waals surface area contributed by atoms with Crippen molar-refractivity contribution in [1.29, 1.82) is 0 Å². The number of rotatable bonds is 3. The van der Waals surface area contributed by atoms with Crippen molar-refractivity contribution in [3.05, 3.63) is 60.8 Å². The van der Waals surface area contributed by atoms with Crippen molar-refractivity contribution in [2.75, 3.05) is 10.6 Å². The number of phenols is 1. The number of aromatic nitrogens is 3. The number of phenolic OH excluding ortho intramolecular Hbond substituents is 1. The van der Waals surface area contributed by atoms with E-state index in [2.05, 4.69) is 25.6 Å². The number of nitrogens with one attached hydrogen (secondary N) is 2. The molecule has 4 aromatic rings. The monoisotopic (exact) mass is 347 g/mol. The van der Waals surface area contributed by atoms with E-state index in [1.54, 1.807) is 48.7 Å². The second kappa shape index (κ2) is 6.52. The summed E-state index contributed by atoms with van der Waals surface area (Å²) in [4.78, 5) is 24.8. The Hall–Kier alpha value is -3.94. The summed E-state index contributed by atoms with van der Waals surface area (Å²) in [5, 5.41) is 14.7. The van der Waals surface area contributed by atoms with E-state index in [9.17, 15) is 9.90 Å². The van der Waals surface area contributed by atoms with Crippen LogP contribution in [0, 0.1) is 0 Å². The number of aromatic hydroxyl groups is 1. The first kappa shape index (κ1) is 15.6. The number of hydrogen-bond acceptors (Lipinski definition) is 6. The number of oxazole rings is 1. The number of anilines is 2. The van der Waals surface area contributed by atoms with Gasteiger partial charge in [-0.05, 0) is 36.4 Å². The highest BCUT2D eigenvalue weighted by Gasteiger charge is 2.11. The fraction of sp³-hybridized carbons (Fsp3) is 0. The number of benzene rings is 1. The minimum absolute atomic E-state index is 0.0625. The molecule has 4 rings (SSSR count). The molecule has 1 aromatic carbocycles. The van der Waals surface area contributed by atoms with Crippen molar-refractivity contribution in [3.8, 4) is 17.3 Å². The summed E-state index contributed by atoms with van der Waals surface area (Å²) in [7, 11) is 0. The van der Waals surface area contributed by atoms with Crippen LogP contribution in [-0.4, -0.2) is 26.1 Å². The van der Waals surface area contributed by atoms with Gasteiger partial charge in [0.15, 0.2) is 11.2 Å². The molecule has 0 aliphatic heterocycles. The first-order valence-electron chi connectivity index (χ1n) is 7.73. The van der Waals surface area contributed by atoms with Crippen molar-refractivity contribution in [2.24, 2.45) is 0 Å². The van der Waals surface area contributed by atoms with Crippen LogP contribution in [0.2, 0.25) is 0 Å². The average Bonchev–Trinajstić information content (AvgIpc) is 3.06. The number of carbonyl (C=O) groups is 1. The van der Waals surface area contributed by atoms with Gasteiger partial charge in [0, 0.05) is 18.0 Å². The maximum absolute atomic E-state index is 12.1. The van der Waals surface area contributed by atoms with Crippen LogP contribution in [0.1, 0.15) is 0 Å². The van der Waals surface area contributed by atoms with Crippen LogP contribution in [0.5, 0.6) is 5.75 Å². The van der Waals surface area contributed by atoms with E-state index < -0.39 is 6.03 Å². The number of fused-ring (bicyclic) bond motifs is 1. The van der Waals surface area contributed by atoms with Gasteiger partial charge in [0.25, 0.3) is 0 Å². The lowest BCUT2D eigenvalue weighted by Gasteiger charge is -2.07. The Kier molecular flexibility index (Phi) is 3.91. The highest BCUT2D eigenvalue weighted by Crippen LogP contribution is 2.22. The van der Waals surface area contributed by atoms with Crippen molar-refractivity contribution >= 4 is 28.8 Å². The smallest absolute Gasteiger partial charge is 0.324 e. The van der Waals surface area contributed by atoms with Gasteiger partial charge in [0.05, 0.1) is 0 Å². The lowest BCUT2D eigenvalue weighted by atomic mass is 10.3. The van der Waals surface area contributed by atoms with Crippen LogP contribution in [0.4, 0.5) is 16.3 Å². The number of pyridine rings is 2. The molecule has 8 nitrogen and oxygen atoms in total. The van der Waals surface area contributed by atoms with Gasteiger partial charge in [-0.2, -0.15) is 4.98 Å². The molecule has 8 heteroatoms. The molecule has 0 radical (unpaired) electrons. The molecule has 0 aliphatic rings. The summed E-state index contributed by atoms with van der Waals surface area (Å²) in [6.45, 7) is 0.